The van der Waals surface area contributed by atoms with E-state index in [1.807, 2.05) is 13.0 Å². The van der Waals surface area contributed by atoms with E-state index in [2.05, 4.69) is 30.9 Å². The van der Waals surface area contributed by atoms with E-state index in [4.69, 9.17) is 9.72 Å². The van der Waals surface area contributed by atoms with E-state index < -0.39 is 0 Å². The van der Waals surface area contributed by atoms with Crippen molar-refractivity contribution in [3.8, 4) is 6.07 Å². The number of hydrogen-bond acceptors (Lipinski definition) is 4. The van der Waals surface area contributed by atoms with Gasteiger partial charge in [-0.05, 0) is 37.5 Å². The lowest BCUT2D eigenvalue weighted by molar-refractivity contribution is 0.122. The molecule has 3 rings (SSSR count). The van der Waals surface area contributed by atoms with Crippen LogP contribution in [0.4, 0.5) is 5.82 Å². The lowest BCUT2D eigenvalue weighted by atomic mass is 9.94. The number of morpholine rings is 1. The maximum absolute atomic E-state index is 9.73. The van der Waals surface area contributed by atoms with Crippen molar-refractivity contribution in [1.29, 1.82) is 5.26 Å². The van der Waals surface area contributed by atoms with Crippen LogP contribution in [0.15, 0.2) is 12.1 Å². The van der Waals surface area contributed by atoms with Crippen LogP contribution < -0.4 is 4.90 Å². The quantitative estimate of drug-likeness (QED) is 0.854. The molecule has 0 bridgehead atoms. The molecular weight excluding hydrogens is 274 g/mol. The molecule has 1 fully saturated rings. The van der Waals surface area contributed by atoms with Gasteiger partial charge in [-0.25, -0.2) is 4.98 Å². The summed E-state index contributed by atoms with van der Waals surface area (Å²) in [6.45, 7) is 9.34. The van der Waals surface area contributed by atoms with E-state index in [1.54, 1.807) is 0 Å². The number of rotatable bonds is 2. The minimum atomic E-state index is 0.717. The first-order chi connectivity index (χ1) is 10.7. The summed E-state index contributed by atoms with van der Waals surface area (Å²) in [5, 5.41) is 10.8. The van der Waals surface area contributed by atoms with Crippen molar-refractivity contribution < 1.29 is 4.74 Å². The standard InChI is InChI=1S/C18H21N3O/c1-4-14-12(2)5-6-16-17(14)15(11-19)13(3)18(20-16)21-7-9-22-10-8-21/h5-6H,4,7-10H2,1-3H3. The molecule has 114 valence electrons. The zero-order valence-corrected chi connectivity index (χ0v) is 13.4. The summed E-state index contributed by atoms with van der Waals surface area (Å²) in [5.41, 5.74) is 5.14. The summed E-state index contributed by atoms with van der Waals surface area (Å²) in [6, 6.07) is 6.56. The molecule has 0 radical (unpaired) electrons. The normalized spacial score (nSPS) is 15.1. The molecule has 0 atom stereocenters. The molecule has 0 saturated carbocycles. The third-order valence-corrected chi connectivity index (χ3v) is 4.49. The number of benzene rings is 1. The van der Waals surface area contributed by atoms with Crippen LogP contribution in [0, 0.1) is 25.2 Å². The van der Waals surface area contributed by atoms with E-state index in [1.165, 1.54) is 11.1 Å². The number of aromatic nitrogens is 1. The van der Waals surface area contributed by atoms with E-state index in [-0.39, 0.29) is 0 Å². The average molecular weight is 295 g/mol. The highest BCUT2D eigenvalue weighted by Crippen LogP contribution is 2.32. The summed E-state index contributed by atoms with van der Waals surface area (Å²) >= 11 is 0. The van der Waals surface area contributed by atoms with Crippen LogP contribution in [-0.2, 0) is 11.2 Å². The molecule has 2 aromatic rings. The minimum absolute atomic E-state index is 0.717. The predicted octanol–water partition coefficient (Wildman–Crippen LogP) is 3.12. The van der Waals surface area contributed by atoms with E-state index in [9.17, 15) is 5.26 Å². The lowest BCUT2D eigenvalue weighted by Crippen LogP contribution is -2.37. The molecule has 1 aliphatic rings. The van der Waals surface area contributed by atoms with Crippen LogP contribution in [0.1, 0.15) is 29.2 Å². The fourth-order valence-corrected chi connectivity index (χ4v) is 3.29. The van der Waals surface area contributed by atoms with Crippen molar-refractivity contribution in [3.63, 3.8) is 0 Å². The van der Waals surface area contributed by atoms with Crippen LogP contribution in [0.5, 0.6) is 0 Å². The highest BCUT2D eigenvalue weighted by Gasteiger charge is 2.20. The average Bonchev–Trinajstić information content (AvgIpc) is 2.55. The molecule has 0 N–H and O–H groups in total. The van der Waals surface area contributed by atoms with Gasteiger partial charge in [-0.1, -0.05) is 13.0 Å². The zero-order valence-electron chi connectivity index (χ0n) is 13.4. The summed E-state index contributed by atoms with van der Waals surface area (Å²) in [4.78, 5) is 7.10. The first kappa shape index (κ1) is 14.8. The fourth-order valence-electron chi connectivity index (χ4n) is 3.29. The number of pyridine rings is 1. The smallest absolute Gasteiger partial charge is 0.133 e. The Labute approximate surface area is 131 Å². The van der Waals surface area contributed by atoms with Crippen LogP contribution in [0.25, 0.3) is 10.9 Å². The van der Waals surface area contributed by atoms with Crippen LogP contribution >= 0.6 is 0 Å². The number of nitrogens with zero attached hydrogens (tertiary/aromatic N) is 3. The topological polar surface area (TPSA) is 49.2 Å². The van der Waals surface area contributed by atoms with Crippen LogP contribution in [0.3, 0.4) is 0 Å². The fraction of sp³-hybridized carbons (Fsp3) is 0.444. The Morgan fingerprint density at radius 1 is 1.27 bits per heavy atom. The summed E-state index contributed by atoms with van der Waals surface area (Å²) < 4.78 is 5.42. The number of aryl methyl sites for hydroxylation is 2. The molecule has 22 heavy (non-hydrogen) atoms. The maximum atomic E-state index is 9.73. The molecule has 0 spiro atoms. The molecule has 0 amide bonds. The van der Waals surface area contributed by atoms with Gasteiger partial charge >= 0.3 is 0 Å². The summed E-state index contributed by atoms with van der Waals surface area (Å²) in [5.74, 6) is 0.929. The largest absolute Gasteiger partial charge is 0.378 e. The monoisotopic (exact) mass is 295 g/mol. The second-order valence-electron chi connectivity index (χ2n) is 5.76. The van der Waals surface area contributed by atoms with Gasteiger partial charge in [0, 0.05) is 24.0 Å². The molecule has 4 nitrogen and oxygen atoms in total. The number of ether oxygens (including phenoxy) is 1. The van der Waals surface area contributed by atoms with E-state index in [0.29, 0.717) is 0 Å². The van der Waals surface area contributed by atoms with Crippen molar-refractivity contribution in [2.24, 2.45) is 0 Å². The van der Waals surface area contributed by atoms with Gasteiger partial charge in [0.1, 0.15) is 11.9 Å². The Morgan fingerprint density at radius 3 is 2.64 bits per heavy atom. The Kier molecular flexibility index (Phi) is 4.00. The van der Waals surface area contributed by atoms with Gasteiger partial charge < -0.3 is 9.64 Å². The second-order valence-corrected chi connectivity index (χ2v) is 5.76. The molecule has 1 aromatic carbocycles. The van der Waals surface area contributed by atoms with Crippen molar-refractivity contribution >= 4 is 16.7 Å². The highest BCUT2D eigenvalue weighted by molar-refractivity contribution is 5.92. The SMILES string of the molecule is CCc1c(C)ccc2nc(N3CCOCC3)c(C)c(C#N)c12. The second kappa shape index (κ2) is 5.94. The predicted molar refractivity (Wildman–Crippen MR) is 88.3 cm³/mol. The Morgan fingerprint density at radius 2 is 2.00 bits per heavy atom. The van der Waals surface area contributed by atoms with E-state index in [0.717, 1.165) is 60.6 Å². The molecule has 1 aliphatic heterocycles. The highest BCUT2D eigenvalue weighted by atomic mass is 16.5. The van der Waals surface area contributed by atoms with Crippen molar-refractivity contribution in [1.82, 2.24) is 4.98 Å². The first-order valence-electron chi connectivity index (χ1n) is 7.83. The molecule has 0 unspecified atom stereocenters. The van der Waals surface area contributed by atoms with E-state index >= 15 is 0 Å². The molecular formula is C18H21N3O. The number of nitriles is 1. The molecule has 2 heterocycles. The minimum Gasteiger partial charge on any atom is -0.378 e. The van der Waals surface area contributed by atoms with Crippen molar-refractivity contribution in [2.45, 2.75) is 27.2 Å². The van der Waals surface area contributed by atoms with Gasteiger partial charge in [0.15, 0.2) is 0 Å². The van der Waals surface area contributed by atoms with Gasteiger partial charge in [-0.2, -0.15) is 5.26 Å². The molecule has 4 heteroatoms. The zero-order chi connectivity index (χ0) is 15.7. The Bertz CT molecular complexity index is 755. The lowest BCUT2D eigenvalue weighted by Gasteiger charge is -2.30. The summed E-state index contributed by atoms with van der Waals surface area (Å²) in [6.07, 6.45) is 0.913. The van der Waals surface area contributed by atoms with Gasteiger partial charge in [0.2, 0.25) is 0 Å². The number of anilines is 1. The van der Waals surface area contributed by atoms with Gasteiger partial charge in [0.05, 0.1) is 24.3 Å². The molecule has 1 aromatic heterocycles. The van der Waals surface area contributed by atoms with Crippen molar-refractivity contribution in [2.75, 3.05) is 31.2 Å². The Hall–Kier alpha value is -2.12. The first-order valence-corrected chi connectivity index (χ1v) is 7.83. The van der Waals surface area contributed by atoms with Crippen LogP contribution in [-0.4, -0.2) is 31.3 Å². The third kappa shape index (κ3) is 2.32. The van der Waals surface area contributed by atoms with Gasteiger partial charge in [0.25, 0.3) is 0 Å². The maximum Gasteiger partial charge on any atom is 0.133 e. The van der Waals surface area contributed by atoms with Gasteiger partial charge in [-0.3, -0.25) is 0 Å². The number of hydrogen-bond donors (Lipinski definition) is 0. The van der Waals surface area contributed by atoms with Gasteiger partial charge in [-0.15, -0.1) is 0 Å². The third-order valence-electron chi connectivity index (χ3n) is 4.49. The summed E-state index contributed by atoms with van der Waals surface area (Å²) in [7, 11) is 0. The Balaban J connectivity index is 2.28. The molecule has 0 aliphatic carbocycles. The number of fused-ring (bicyclic) bond motifs is 1. The van der Waals surface area contributed by atoms with Crippen LogP contribution in [0.2, 0.25) is 0 Å². The van der Waals surface area contributed by atoms with Crippen molar-refractivity contribution in [3.05, 3.63) is 34.4 Å². The molecule has 1 saturated heterocycles.